The molecule has 0 amide bonds. The van der Waals surface area contributed by atoms with E-state index in [0.717, 1.165) is 12.5 Å². The van der Waals surface area contributed by atoms with Gasteiger partial charge in [0.15, 0.2) is 18.9 Å². The van der Waals surface area contributed by atoms with Crippen LogP contribution in [0, 0.1) is 5.92 Å². The predicted molar refractivity (Wildman–Crippen MR) is 56.2 cm³/mol. The Balaban J connectivity index is 0.00000169. The highest BCUT2D eigenvalue weighted by molar-refractivity contribution is 5.44. The molecule has 0 radical (unpaired) electrons. The summed E-state index contributed by atoms with van der Waals surface area (Å²) >= 11 is 0. The van der Waals surface area contributed by atoms with E-state index < -0.39 is 0 Å². The van der Waals surface area contributed by atoms with Crippen LogP contribution >= 0.6 is 0 Å². The van der Waals surface area contributed by atoms with E-state index in [-0.39, 0.29) is 24.0 Å². The van der Waals surface area contributed by atoms with Crippen molar-refractivity contribution >= 4 is 6.08 Å². The zero-order chi connectivity index (χ0) is 9.68. The minimum Gasteiger partial charge on any atom is -1.00 e. The second-order valence-corrected chi connectivity index (χ2v) is 3.55. The topological polar surface area (TPSA) is 3.88 Å². The van der Waals surface area contributed by atoms with Gasteiger partial charge in [0.2, 0.25) is 0 Å². The van der Waals surface area contributed by atoms with Crippen LogP contribution in [0.25, 0.3) is 6.08 Å². The molecule has 0 aliphatic heterocycles. The molecule has 1 atom stereocenters. The molecule has 0 aliphatic carbocycles. The highest BCUT2D eigenvalue weighted by Gasteiger charge is 2.05. The summed E-state index contributed by atoms with van der Waals surface area (Å²) in [5.41, 5.74) is 1.18. The molecule has 78 valence electrons. The van der Waals surface area contributed by atoms with Crippen LogP contribution in [0.5, 0.6) is 0 Å². The molecule has 1 aromatic heterocycles. The van der Waals surface area contributed by atoms with Crippen molar-refractivity contribution < 1.29 is 28.5 Å². The summed E-state index contributed by atoms with van der Waals surface area (Å²) in [6, 6.07) is 4.19. The van der Waals surface area contributed by atoms with Crippen LogP contribution in [0.2, 0.25) is 0 Å². The quantitative estimate of drug-likeness (QED) is 0.530. The summed E-state index contributed by atoms with van der Waals surface area (Å²) in [5.74, 6) is 0.750. The van der Waals surface area contributed by atoms with E-state index in [1.807, 2.05) is 6.08 Å². The number of halogens is 1. The molecule has 0 N–H and O–H groups in total. The van der Waals surface area contributed by atoms with Crippen molar-refractivity contribution in [3.63, 3.8) is 0 Å². The third-order valence-electron chi connectivity index (χ3n) is 2.37. The van der Waals surface area contributed by atoms with Crippen LogP contribution in [-0.2, 0) is 6.54 Å². The number of rotatable bonds is 4. The van der Waals surface area contributed by atoms with Crippen LogP contribution in [0.3, 0.4) is 0 Å². The van der Waals surface area contributed by atoms with Crippen molar-refractivity contribution in [3.05, 3.63) is 36.7 Å². The van der Waals surface area contributed by atoms with Gasteiger partial charge in [0, 0.05) is 18.1 Å². The zero-order valence-electron chi connectivity index (χ0n) is 8.91. The first-order chi connectivity index (χ1) is 6.26. The molecule has 0 saturated heterocycles. The summed E-state index contributed by atoms with van der Waals surface area (Å²) in [6.45, 7) is 9.33. The lowest BCUT2D eigenvalue weighted by Gasteiger charge is -2.03. The Morgan fingerprint density at radius 3 is 2.43 bits per heavy atom. The van der Waals surface area contributed by atoms with Gasteiger partial charge in [-0.3, -0.25) is 0 Å². The molecule has 0 saturated carbocycles. The van der Waals surface area contributed by atoms with Crippen molar-refractivity contribution in [1.29, 1.82) is 0 Å². The number of hydrogen-bond donors (Lipinski definition) is 0. The third kappa shape index (κ3) is 4.22. The maximum absolute atomic E-state index is 3.73. The van der Waals surface area contributed by atoms with Crippen molar-refractivity contribution in [1.82, 2.24) is 0 Å². The van der Waals surface area contributed by atoms with E-state index in [9.17, 15) is 0 Å². The smallest absolute Gasteiger partial charge is 0.169 e. The second-order valence-electron chi connectivity index (χ2n) is 3.55. The molecule has 1 nitrogen and oxygen atoms in total. The number of nitrogens with zero attached hydrogens (tertiary/aromatic N) is 1. The highest BCUT2D eigenvalue weighted by Crippen LogP contribution is 2.01. The molecule has 0 unspecified atom stereocenters. The Labute approximate surface area is 104 Å². The number of aromatic nitrogens is 1. The van der Waals surface area contributed by atoms with Gasteiger partial charge < -0.3 is 24.0 Å². The van der Waals surface area contributed by atoms with Gasteiger partial charge in [0.05, 0.1) is 0 Å². The van der Waals surface area contributed by atoms with E-state index in [2.05, 4.69) is 49.5 Å². The molecule has 1 rings (SSSR count). The van der Waals surface area contributed by atoms with Crippen molar-refractivity contribution in [2.45, 2.75) is 26.8 Å². The zero-order valence-corrected chi connectivity index (χ0v) is 11.1. The minimum atomic E-state index is 0. The van der Waals surface area contributed by atoms with Gasteiger partial charge in [-0.1, -0.05) is 26.5 Å². The number of pyridine rings is 1. The average Bonchev–Trinajstić information content (AvgIpc) is 2.19. The van der Waals surface area contributed by atoms with Crippen molar-refractivity contribution in [3.8, 4) is 0 Å². The Bertz CT molecular complexity index is 266. The summed E-state index contributed by atoms with van der Waals surface area (Å²) in [6.07, 6.45) is 7.33. The maximum atomic E-state index is 3.73. The van der Waals surface area contributed by atoms with Crippen LogP contribution in [0.4, 0.5) is 0 Å². The molecule has 0 aliphatic rings. The maximum Gasteiger partial charge on any atom is 0.169 e. The highest BCUT2D eigenvalue weighted by atomic mass is 127. The van der Waals surface area contributed by atoms with Gasteiger partial charge in [-0.25, -0.2) is 4.57 Å². The van der Waals surface area contributed by atoms with Gasteiger partial charge in [-0.15, -0.1) is 0 Å². The molecule has 0 spiro atoms. The van der Waals surface area contributed by atoms with E-state index >= 15 is 0 Å². The van der Waals surface area contributed by atoms with Crippen LogP contribution in [-0.4, -0.2) is 0 Å². The van der Waals surface area contributed by atoms with E-state index in [0.29, 0.717) is 0 Å². The molecule has 14 heavy (non-hydrogen) atoms. The molecule has 2 heteroatoms. The largest absolute Gasteiger partial charge is 1.00 e. The van der Waals surface area contributed by atoms with Crippen LogP contribution < -0.4 is 28.5 Å². The molecule has 0 aromatic carbocycles. The fourth-order valence-electron chi connectivity index (χ4n) is 1.22. The molecular weight excluding hydrogens is 285 g/mol. The fourth-order valence-corrected chi connectivity index (χ4v) is 1.22. The van der Waals surface area contributed by atoms with Crippen molar-refractivity contribution in [2.75, 3.05) is 0 Å². The van der Waals surface area contributed by atoms with Crippen molar-refractivity contribution in [2.24, 2.45) is 5.92 Å². The van der Waals surface area contributed by atoms with Gasteiger partial charge in [-0.2, -0.15) is 0 Å². The Morgan fingerprint density at radius 1 is 1.43 bits per heavy atom. The first-order valence-electron chi connectivity index (χ1n) is 4.87. The summed E-state index contributed by atoms with van der Waals surface area (Å²) in [7, 11) is 0. The normalized spacial score (nSPS) is 11.6. The van der Waals surface area contributed by atoms with Gasteiger partial charge in [-0.05, 0) is 12.0 Å². The van der Waals surface area contributed by atoms with Gasteiger partial charge in [0.25, 0.3) is 0 Å². The standard InChI is InChI=1S/C12H18N.HI/c1-4-11(3)10-13-8-6-12(5-2)7-9-13;/h5-9,11H,2,4,10H2,1,3H3;1H/q+1;/p-1/t11-;/m0./s1. The molecule has 1 aromatic rings. The SMILES string of the molecule is C=Cc1cc[n+](C[C@@H](C)CC)cc1.[I-]. The molecule has 0 bridgehead atoms. The minimum absolute atomic E-state index is 0. The van der Waals surface area contributed by atoms with Gasteiger partial charge in [0.1, 0.15) is 0 Å². The van der Waals surface area contributed by atoms with Gasteiger partial charge >= 0.3 is 0 Å². The Kier molecular flexibility index (Phi) is 6.79. The first kappa shape index (κ1) is 13.6. The monoisotopic (exact) mass is 303 g/mol. The Morgan fingerprint density at radius 2 is 2.00 bits per heavy atom. The molecule has 0 fully saturated rings. The molecule has 1 heterocycles. The lowest BCUT2D eigenvalue weighted by molar-refractivity contribution is -0.702. The first-order valence-corrected chi connectivity index (χ1v) is 4.87. The van der Waals surface area contributed by atoms with E-state index in [1.165, 1.54) is 12.0 Å². The lowest BCUT2D eigenvalue weighted by atomic mass is 10.1. The fraction of sp³-hybridized carbons (Fsp3) is 0.417. The van der Waals surface area contributed by atoms with Crippen LogP contribution in [0.1, 0.15) is 25.8 Å². The summed E-state index contributed by atoms with van der Waals surface area (Å²) < 4.78 is 2.22. The van der Waals surface area contributed by atoms with E-state index in [1.54, 1.807) is 0 Å². The molecular formula is C12H18IN. The summed E-state index contributed by atoms with van der Waals surface area (Å²) in [4.78, 5) is 0. The Hall–Kier alpha value is -0.380. The summed E-state index contributed by atoms with van der Waals surface area (Å²) in [5, 5.41) is 0. The lowest BCUT2D eigenvalue weighted by Crippen LogP contribution is -3.00. The third-order valence-corrected chi connectivity index (χ3v) is 2.37. The van der Waals surface area contributed by atoms with Crippen LogP contribution in [0.15, 0.2) is 31.1 Å². The number of hydrogen-bond acceptors (Lipinski definition) is 0. The van der Waals surface area contributed by atoms with E-state index in [4.69, 9.17) is 0 Å². The predicted octanol–water partition coefficient (Wildman–Crippen LogP) is -0.333. The second kappa shape index (κ2) is 6.98. The average molecular weight is 303 g/mol.